The van der Waals surface area contributed by atoms with Gasteiger partial charge in [-0.25, -0.2) is 0 Å². The Morgan fingerprint density at radius 2 is 2.00 bits per heavy atom. The van der Waals surface area contributed by atoms with E-state index in [1.54, 1.807) is 0 Å². The van der Waals surface area contributed by atoms with Crippen molar-refractivity contribution in [2.24, 2.45) is 5.73 Å². The largest absolute Gasteiger partial charge is 0.416 e. The first-order chi connectivity index (χ1) is 8.84. The van der Waals surface area contributed by atoms with Crippen LogP contribution < -0.4 is 11.1 Å². The van der Waals surface area contributed by atoms with Crippen LogP contribution in [0.5, 0.6) is 0 Å². The number of halogens is 3. The van der Waals surface area contributed by atoms with Crippen LogP contribution in [0.15, 0.2) is 18.2 Å². The highest BCUT2D eigenvalue weighted by Gasteiger charge is 2.32. The lowest BCUT2D eigenvalue weighted by atomic mass is 10.1. The van der Waals surface area contributed by atoms with E-state index in [4.69, 9.17) is 5.73 Å². The Morgan fingerprint density at radius 1 is 1.32 bits per heavy atom. The molecule has 0 spiro atoms. The quantitative estimate of drug-likeness (QED) is 0.811. The van der Waals surface area contributed by atoms with Gasteiger partial charge in [0.15, 0.2) is 0 Å². The van der Waals surface area contributed by atoms with E-state index in [0.29, 0.717) is 13.0 Å². The summed E-state index contributed by atoms with van der Waals surface area (Å²) in [5.74, 6) is -0.301. The maximum absolute atomic E-state index is 12.7. The molecule has 0 aliphatic rings. The molecule has 6 heteroatoms. The molecule has 0 unspecified atom stereocenters. The number of nitrogens with two attached hydrogens (primary N) is 1. The molecule has 0 radical (unpaired) electrons. The van der Waals surface area contributed by atoms with E-state index >= 15 is 0 Å². The van der Waals surface area contributed by atoms with Crippen molar-refractivity contribution < 1.29 is 18.0 Å². The van der Waals surface area contributed by atoms with Gasteiger partial charge in [0, 0.05) is 12.1 Å². The van der Waals surface area contributed by atoms with E-state index in [2.05, 4.69) is 5.32 Å². The van der Waals surface area contributed by atoms with Gasteiger partial charge in [0.1, 0.15) is 0 Å². The summed E-state index contributed by atoms with van der Waals surface area (Å²) in [6, 6.07) is 3.76. The van der Waals surface area contributed by atoms with Crippen molar-refractivity contribution in [3.05, 3.63) is 29.3 Å². The zero-order valence-corrected chi connectivity index (χ0v) is 10.7. The first kappa shape index (κ1) is 15.5. The monoisotopic (exact) mass is 274 g/mol. The Kier molecular flexibility index (Phi) is 5.35. The molecule has 0 aliphatic carbocycles. The molecule has 0 saturated heterocycles. The fourth-order valence-corrected chi connectivity index (χ4v) is 1.66. The number of nitrogens with one attached hydrogen (secondary N) is 1. The molecule has 1 aromatic carbocycles. The Labute approximate surface area is 110 Å². The van der Waals surface area contributed by atoms with Gasteiger partial charge < -0.3 is 11.1 Å². The molecule has 0 saturated carbocycles. The van der Waals surface area contributed by atoms with Crippen molar-refractivity contribution in [1.82, 2.24) is 0 Å². The van der Waals surface area contributed by atoms with Gasteiger partial charge in [-0.15, -0.1) is 0 Å². The van der Waals surface area contributed by atoms with Gasteiger partial charge in [0.25, 0.3) is 0 Å². The summed E-state index contributed by atoms with van der Waals surface area (Å²) in [6.45, 7) is 1.88. The molecular formula is C13H17F3N2O. The van der Waals surface area contributed by atoms with Crippen molar-refractivity contribution >= 4 is 11.6 Å². The van der Waals surface area contributed by atoms with Crippen LogP contribution >= 0.6 is 0 Å². The first-order valence-corrected chi connectivity index (χ1v) is 6.02. The van der Waals surface area contributed by atoms with E-state index in [1.165, 1.54) is 19.1 Å². The Bertz CT molecular complexity index is 444. The average molecular weight is 274 g/mol. The summed E-state index contributed by atoms with van der Waals surface area (Å²) in [7, 11) is 0. The second-order valence-electron chi connectivity index (χ2n) is 4.32. The lowest BCUT2D eigenvalue weighted by Gasteiger charge is -2.12. The van der Waals surface area contributed by atoms with Gasteiger partial charge in [0.05, 0.1) is 5.56 Å². The fraction of sp³-hybridized carbons (Fsp3) is 0.462. The smallest absolute Gasteiger partial charge is 0.330 e. The minimum Gasteiger partial charge on any atom is -0.330 e. The van der Waals surface area contributed by atoms with Gasteiger partial charge in [-0.1, -0.05) is 6.07 Å². The van der Waals surface area contributed by atoms with Crippen LogP contribution in [-0.2, 0) is 11.0 Å². The number of hydrogen-bond acceptors (Lipinski definition) is 2. The zero-order valence-electron chi connectivity index (χ0n) is 10.7. The highest BCUT2D eigenvalue weighted by molar-refractivity contribution is 5.90. The van der Waals surface area contributed by atoms with Crippen molar-refractivity contribution in [1.29, 1.82) is 0 Å². The van der Waals surface area contributed by atoms with E-state index < -0.39 is 11.7 Å². The lowest BCUT2D eigenvalue weighted by molar-refractivity contribution is -0.138. The van der Waals surface area contributed by atoms with Crippen LogP contribution in [0.3, 0.4) is 0 Å². The summed E-state index contributed by atoms with van der Waals surface area (Å²) in [4.78, 5) is 11.5. The van der Waals surface area contributed by atoms with Crippen LogP contribution in [0.4, 0.5) is 18.9 Å². The Balaban J connectivity index is 2.72. The van der Waals surface area contributed by atoms with Crippen LogP contribution in [0.2, 0.25) is 0 Å². The minimum atomic E-state index is -4.41. The van der Waals surface area contributed by atoms with Gasteiger partial charge >= 0.3 is 6.18 Å². The number of aryl methyl sites for hydroxylation is 1. The summed E-state index contributed by atoms with van der Waals surface area (Å²) < 4.78 is 38.1. The molecule has 0 aromatic heterocycles. The number of hydrogen-bond donors (Lipinski definition) is 2. The average Bonchev–Trinajstić information content (AvgIpc) is 2.30. The number of anilines is 1. The van der Waals surface area contributed by atoms with Crippen molar-refractivity contribution in [2.75, 3.05) is 11.9 Å². The van der Waals surface area contributed by atoms with Crippen molar-refractivity contribution in [2.45, 2.75) is 32.4 Å². The predicted molar refractivity (Wildman–Crippen MR) is 67.7 cm³/mol. The molecular weight excluding hydrogens is 257 g/mol. The van der Waals surface area contributed by atoms with Gasteiger partial charge in [-0.3, -0.25) is 4.79 Å². The number of unbranched alkanes of at least 4 members (excludes halogenated alkanes) is 1. The summed E-state index contributed by atoms with van der Waals surface area (Å²) in [5, 5.41) is 2.46. The lowest BCUT2D eigenvalue weighted by Crippen LogP contribution is -2.14. The van der Waals surface area contributed by atoms with E-state index in [-0.39, 0.29) is 23.6 Å². The number of alkyl halides is 3. The Hall–Kier alpha value is -1.56. The minimum absolute atomic E-state index is 0.133. The molecule has 1 aromatic rings. The number of amides is 1. The molecule has 3 nitrogen and oxygen atoms in total. The maximum atomic E-state index is 12.7. The van der Waals surface area contributed by atoms with Gasteiger partial charge in [0.2, 0.25) is 5.91 Å². The molecule has 0 bridgehead atoms. The molecule has 0 aliphatic heterocycles. The van der Waals surface area contributed by atoms with Crippen LogP contribution in [-0.4, -0.2) is 12.5 Å². The summed E-state index contributed by atoms with van der Waals surface area (Å²) in [6.07, 6.45) is -2.81. The SMILES string of the molecule is Cc1ccc(NC(=O)CCCCN)cc1C(F)(F)F. The Morgan fingerprint density at radius 3 is 2.58 bits per heavy atom. The first-order valence-electron chi connectivity index (χ1n) is 6.02. The standard InChI is InChI=1S/C13H17F3N2O/c1-9-5-6-10(8-11(9)13(14,15)16)18-12(19)4-2-3-7-17/h5-6,8H,2-4,7,17H2,1H3,(H,18,19). The third-order valence-electron chi connectivity index (χ3n) is 2.68. The summed E-state index contributed by atoms with van der Waals surface area (Å²) in [5.41, 5.74) is 4.86. The normalized spacial score (nSPS) is 11.4. The highest BCUT2D eigenvalue weighted by atomic mass is 19.4. The molecule has 3 N–H and O–H groups in total. The van der Waals surface area contributed by atoms with E-state index in [9.17, 15) is 18.0 Å². The highest BCUT2D eigenvalue weighted by Crippen LogP contribution is 2.33. The second-order valence-corrected chi connectivity index (χ2v) is 4.32. The van der Waals surface area contributed by atoms with E-state index in [0.717, 1.165) is 12.5 Å². The molecule has 0 atom stereocenters. The van der Waals surface area contributed by atoms with Crippen LogP contribution in [0.1, 0.15) is 30.4 Å². The van der Waals surface area contributed by atoms with Crippen molar-refractivity contribution in [3.8, 4) is 0 Å². The number of benzene rings is 1. The number of carbonyl (C=O) groups excluding carboxylic acids is 1. The van der Waals surface area contributed by atoms with Crippen LogP contribution in [0.25, 0.3) is 0 Å². The van der Waals surface area contributed by atoms with E-state index in [1.807, 2.05) is 0 Å². The maximum Gasteiger partial charge on any atom is 0.416 e. The number of rotatable bonds is 5. The second kappa shape index (κ2) is 6.56. The third kappa shape index (κ3) is 4.90. The number of carbonyl (C=O) groups is 1. The van der Waals surface area contributed by atoms with Crippen LogP contribution in [0, 0.1) is 6.92 Å². The molecule has 106 valence electrons. The van der Waals surface area contributed by atoms with Gasteiger partial charge in [-0.05, 0) is 44.0 Å². The zero-order chi connectivity index (χ0) is 14.5. The van der Waals surface area contributed by atoms with Gasteiger partial charge in [-0.2, -0.15) is 13.2 Å². The summed E-state index contributed by atoms with van der Waals surface area (Å²) >= 11 is 0. The predicted octanol–water partition coefficient (Wildman–Crippen LogP) is 3.08. The molecule has 19 heavy (non-hydrogen) atoms. The molecule has 1 rings (SSSR count). The molecule has 0 heterocycles. The molecule has 1 amide bonds. The molecule has 0 fully saturated rings. The third-order valence-corrected chi connectivity index (χ3v) is 2.68. The fourth-order valence-electron chi connectivity index (χ4n) is 1.66. The topological polar surface area (TPSA) is 55.1 Å². The van der Waals surface area contributed by atoms with Crippen molar-refractivity contribution in [3.63, 3.8) is 0 Å².